The molecule has 2 amide bonds. The van der Waals surface area contributed by atoms with Gasteiger partial charge in [-0.3, -0.25) is 9.59 Å². The first-order valence-corrected chi connectivity index (χ1v) is 5.71. The molecule has 0 saturated carbocycles. The Morgan fingerprint density at radius 3 is 2.47 bits per heavy atom. The van der Waals surface area contributed by atoms with Crippen molar-refractivity contribution < 1.29 is 14.3 Å². The molecule has 0 aromatic rings. The van der Waals surface area contributed by atoms with E-state index in [1.807, 2.05) is 20.8 Å². The van der Waals surface area contributed by atoms with Crippen molar-refractivity contribution in [3.8, 4) is 0 Å². The number of ether oxygens (including phenoxy) is 1. The summed E-state index contributed by atoms with van der Waals surface area (Å²) in [6, 6.07) is -0.277. The summed E-state index contributed by atoms with van der Waals surface area (Å²) in [4.78, 5) is 23.1. The van der Waals surface area contributed by atoms with Gasteiger partial charge in [0.25, 0.3) is 0 Å². The first kappa shape index (κ1) is 13.9. The molecular formula is C11H21N3O3. The molecule has 1 heterocycles. The van der Waals surface area contributed by atoms with E-state index in [2.05, 4.69) is 10.6 Å². The Kier molecular flexibility index (Phi) is 4.47. The Hall–Kier alpha value is -1.14. The molecule has 4 N–H and O–H groups in total. The van der Waals surface area contributed by atoms with E-state index in [1.165, 1.54) is 0 Å². The number of carbonyl (C=O) groups excluding carboxylic acids is 2. The monoisotopic (exact) mass is 243 g/mol. The largest absolute Gasteiger partial charge is 0.379 e. The third-order valence-corrected chi connectivity index (χ3v) is 2.40. The lowest BCUT2D eigenvalue weighted by Crippen LogP contribution is -2.48. The molecule has 0 aromatic heterocycles. The van der Waals surface area contributed by atoms with Crippen LogP contribution in [0.3, 0.4) is 0 Å². The molecule has 0 spiro atoms. The van der Waals surface area contributed by atoms with Crippen LogP contribution in [-0.4, -0.2) is 43.2 Å². The van der Waals surface area contributed by atoms with Gasteiger partial charge in [0.05, 0.1) is 25.7 Å². The molecule has 6 heteroatoms. The number of carbonyl (C=O) groups is 2. The highest BCUT2D eigenvalue weighted by Gasteiger charge is 2.31. The van der Waals surface area contributed by atoms with Crippen molar-refractivity contribution in [3.05, 3.63) is 0 Å². The van der Waals surface area contributed by atoms with Gasteiger partial charge in [-0.25, -0.2) is 0 Å². The molecule has 0 aromatic carbocycles. The Balaban J connectivity index is 2.31. The normalized spacial score (nSPS) is 24.5. The van der Waals surface area contributed by atoms with Gasteiger partial charge in [0.1, 0.15) is 0 Å². The van der Waals surface area contributed by atoms with Crippen LogP contribution in [0, 0.1) is 5.92 Å². The summed E-state index contributed by atoms with van der Waals surface area (Å²) in [5, 5.41) is 5.33. The summed E-state index contributed by atoms with van der Waals surface area (Å²) in [5.74, 6) is -0.783. The van der Waals surface area contributed by atoms with Crippen LogP contribution < -0.4 is 16.4 Å². The minimum absolute atomic E-state index is 0.0284. The molecule has 0 bridgehead atoms. The van der Waals surface area contributed by atoms with Gasteiger partial charge in [-0.15, -0.1) is 0 Å². The van der Waals surface area contributed by atoms with E-state index in [0.29, 0.717) is 13.2 Å². The average molecular weight is 243 g/mol. The van der Waals surface area contributed by atoms with Gasteiger partial charge in [0, 0.05) is 11.6 Å². The number of hydrogen-bond acceptors (Lipinski definition) is 4. The van der Waals surface area contributed by atoms with Crippen LogP contribution in [0.15, 0.2) is 0 Å². The third-order valence-electron chi connectivity index (χ3n) is 2.40. The van der Waals surface area contributed by atoms with Gasteiger partial charge >= 0.3 is 0 Å². The molecule has 1 rings (SSSR count). The van der Waals surface area contributed by atoms with Gasteiger partial charge in [-0.05, 0) is 20.8 Å². The van der Waals surface area contributed by atoms with Gasteiger partial charge in [-0.2, -0.15) is 0 Å². The molecule has 98 valence electrons. The number of rotatable bonds is 3. The Bertz CT molecular complexity index is 299. The minimum Gasteiger partial charge on any atom is -0.379 e. The molecule has 6 nitrogen and oxygen atoms in total. The van der Waals surface area contributed by atoms with Crippen molar-refractivity contribution in [2.75, 3.05) is 19.8 Å². The SMILES string of the molecule is CC(C)(C)NC(=O)CNC(=O)C1COCC1N. The Labute approximate surface area is 101 Å². The van der Waals surface area contributed by atoms with Crippen LogP contribution in [0.1, 0.15) is 20.8 Å². The van der Waals surface area contributed by atoms with Crippen LogP contribution >= 0.6 is 0 Å². The minimum atomic E-state index is -0.350. The smallest absolute Gasteiger partial charge is 0.239 e. The summed E-state index contributed by atoms with van der Waals surface area (Å²) in [5.41, 5.74) is 5.40. The molecule has 2 unspecified atom stereocenters. The van der Waals surface area contributed by atoms with E-state index in [-0.39, 0.29) is 35.9 Å². The zero-order valence-corrected chi connectivity index (χ0v) is 10.6. The summed E-state index contributed by atoms with van der Waals surface area (Å²) in [6.07, 6.45) is 0. The van der Waals surface area contributed by atoms with Gasteiger partial charge in [0.2, 0.25) is 11.8 Å². The van der Waals surface area contributed by atoms with Crippen LogP contribution in [0.25, 0.3) is 0 Å². The fourth-order valence-corrected chi connectivity index (χ4v) is 1.60. The first-order chi connectivity index (χ1) is 7.79. The second-order valence-corrected chi connectivity index (χ2v) is 5.32. The fraction of sp³-hybridized carbons (Fsp3) is 0.818. The summed E-state index contributed by atoms with van der Waals surface area (Å²) < 4.78 is 5.09. The standard InChI is InChI=1S/C11H21N3O3/c1-11(2,3)14-9(15)4-13-10(16)7-5-17-6-8(7)12/h7-8H,4-6,12H2,1-3H3,(H,13,16)(H,14,15). The molecular weight excluding hydrogens is 222 g/mol. The second-order valence-electron chi connectivity index (χ2n) is 5.32. The molecule has 17 heavy (non-hydrogen) atoms. The van der Waals surface area contributed by atoms with Crippen molar-refractivity contribution in [2.24, 2.45) is 11.7 Å². The topological polar surface area (TPSA) is 93.5 Å². The number of hydrogen-bond donors (Lipinski definition) is 3. The predicted molar refractivity (Wildman–Crippen MR) is 63.2 cm³/mol. The van der Waals surface area contributed by atoms with E-state index in [1.54, 1.807) is 0 Å². The van der Waals surface area contributed by atoms with Crippen LogP contribution in [0.5, 0.6) is 0 Å². The maximum atomic E-state index is 11.7. The lowest BCUT2D eigenvalue weighted by molar-refractivity contribution is -0.129. The van der Waals surface area contributed by atoms with E-state index in [4.69, 9.17) is 10.5 Å². The zero-order valence-electron chi connectivity index (χ0n) is 10.6. The Morgan fingerprint density at radius 2 is 2.00 bits per heavy atom. The van der Waals surface area contributed by atoms with Gasteiger partial charge in [-0.1, -0.05) is 0 Å². The van der Waals surface area contributed by atoms with Gasteiger partial charge in [0.15, 0.2) is 0 Å². The number of nitrogens with one attached hydrogen (secondary N) is 2. The van der Waals surface area contributed by atoms with Crippen molar-refractivity contribution in [1.29, 1.82) is 0 Å². The van der Waals surface area contributed by atoms with E-state index < -0.39 is 0 Å². The average Bonchev–Trinajstić information content (AvgIpc) is 2.58. The Morgan fingerprint density at radius 1 is 1.35 bits per heavy atom. The number of amides is 2. The second kappa shape index (κ2) is 5.46. The van der Waals surface area contributed by atoms with E-state index >= 15 is 0 Å². The first-order valence-electron chi connectivity index (χ1n) is 5.71. The van der Waals surface area contributed by atoms with Crippen LogP contribution in [0.4, 0.5) is 0 Å². The highest BCUT2D eigenvalue weighted by Crippen LogP contribution is 2.11. The molecule has 0 aliphatic carbocycles. The van der Waals surface area contributed by atoms with Crippen LogP contribution in [0.2, 0.25) is 0 Å². The number of nitrogens with two attached hydrogens (primary N) is 1. The van der Waals surface area contributed by atoms with Gasteiger partial charge < -0.3 is 21.1 Å². The zero-order chi connectivity index (χ0) is 13.1. The van der Waals surface area contributed by atoms with Crippen LogP contribution in [-0.2, 0) is 14.3 Å². The van der Waals surface area contributed by atoms with Crippen molar-refractivity contribution >= 4 is 11.8 Å². The van der Waals surface area contributed by atoms with Crippen molar-refractivity contribution in [3.63, 3.8) is 0 Å². The summed E-state index contributed by atoms with van der Waals surface area (Å²) in [6.45, 7) is 6.34. The lowest BCUT2D eigenvalue weighted by Gasteiger charge is -2.21. The van der Waals surface area contributed by atoms with E-state index in [0.717, 1.165) is 0 Å². The molecule has 1 aliphatic heterocycles. The van der Waals surface area contributed by atoms with Crippen molar-refractivity contribution in [1.82, 2.24) is 10.6 Å². The molecule has 1 saturated heterocycles. The van der Waals surface area contributed by atoms with E-state index in [9.17, 15) is 9.59 Å². The maximum Gasteiger partial charge on any atom is 0.239 e. The lowest BCUT2D eigenvalue weighted by atomic mass is 10.0. The molecule has 1 fully saturated rings. The third kappa shape index (κ3) is 4.70. The summed E-state index contributed by atoms with van der Waals surface area (Å²) in [7, 11) is 0. The highest BCUT2D eigenvalue weighted by atomic mass is 16.5. The molecule has 2 atom stereocenters. The fourth-order valence-electron chi connectivity index (χ4n) is 1.60. The quantitative estimate of drug-likeness (QED) is 0.592. The molecule has 0 radical (unpaired) electrons. The van der Waals surface area contributed by atoms with Crippen molar-refractivity contribution in [2.45, 2.75) is 32.4 Å². The predicted octanol–water partition coefficient (Wildman–Crippen LogP) is -1.01. The molecule has 1 aliphatic rings. The maximum absolute atomic E-state index is 11.7. The summed E-state index contributed by atoms with van der Waals surface area (Å²) >= 11 is 0. The highest BCUT2D eigenvalue weighted by molar-refractivity contribution is 5.86.